The van der Waals surface area contributed by atoms with E-state index in [1.54, 1.807) is 0 Å². The number of nitrogens with zero attached hydrogens (tertiary/aromatic N) is 4. The highest BCUT2D eigenvalue weighted by Crippen LogP contribution is 2.20. The predicted molar refractivity (Wildman–Crippen MR) is 324 cm³/mol. The molecule has 0 aromatic carbocycles. The van der Waals surface area contributed by atoms with Crippen LogP contribution < -0.4 is 10.6 Å². The van der Waals surface area contributed by atoms with Crippen LogP contribution in [0.1, 0.15) is 305 Å². The Bertz CT molecular complexity index is 1210. The number of carbonyl (C=O) groups is 4. The molecule has 2 unspecified atom stereocenters. The zero-order chi connectivity index (χ0) is 55.6. The monoisotopic (exact) mass is 1060 g/mol. The van der Waals surface area contributed by atoms with E-state index in [1.807, 2.05) is 38.0 Å². The van der Waals surface area contributed by atoms with E-state index in [4.69, 9.17) is 0 Å². The number of amides is 4. The second kappa shape index (κ2) is 52.5. The van der Waals surface area contributed by atoms with Gasteiger partial charge in [0.1, 0.15) is 12.1 Å². The molecular weight excluding hydrogens is 929 g/mol. The number of carbonyl (C=O) groups excluding carboxylic acids is 4. The number of nitrogens with one attached hydrogen (secondary N) is 2. The van der Waals surface area contributed by atoms with Crippen LogP contribution >= 0.6 is 0 Å². The molecule has 0 fully saturated rings. The Kier molecular flexibility index (Phi) is 51.0. The van der Waals surface area contributed by atoms with E-state index < -0.39 is 12.1 Å². The van der Waals surface area contributed by atoms with Crippen molar-refractivity contribution in [2.45, 2.75) is 317 Å². The lowest BCUT2D eigenvalue weighted by atomic mass is 9.99. The number of rotatable bonds is 56. The topological polar surface area (TPSA) is 105 Å². The van der Waals surface area contributed by atoms with Gasteiger partial charge in [0.25, 0.3) is 0 Å². The third-order valence-electron chi connectivity index (χ3n) is 15.6. The number of unbranched alkanes of at least 4 members (excludes halogenated alkanes) is 36. The van der Waals surface area contributed by atoms with E-state index in [0.29, 0.717) is 39.0 Å². The highest BCUT2D eigenvalue weighted by atomic mass is 16.2. The van der Waals surface area contributed by atoms with Gasteiger partial charge in [-0.2, -0.15) is 0 Å². The molecule has 10 nitrogen and oxygen atoms in total. The number of hydrogen-bond acceptors (Lipinski definition) is 6. The van der Waals surface area contributed by atoms with Crippen molar-refractivity contribution < 1.29 is 19.2 Å². The molecule has 0 heterocycles. The van der Waals surface area contributed by atoms with Gasteiger partial charge in [-0.25, -0.2) is 0 Å². The maximum atomic E-state index is 13.7. The maximum absolute atomic E-state index is 13.7. The maximum Gasteiger partial charge on any atom is 0.243 e. The van der Waals surface area contributed by atoms with E-state index in [9.17, 15) is 19.2 Å². The van der Waals surface area contributed by atoms with Crippen LogP contribution in [0, 0.1) is 11.8 Å². The average Bonchev–Trinajstić information content (AvgIpc) is 3.36. The molecule has 0 radical (unpaired) electrons. The van der Waals surface area contributed by atoms with Gasteiger partial charge in [-0.05, 0) is 65.7 Å². The van der Waals surface area contributed by atoms with E-state index in [2.05, 4.69) is 62.0 Å². The van der Waals surface area contributed by atoms with Gasteiger partial charge in [0.15, 0.2) is 0 Å². The van der Waals surface area contributed by atoms with Crippen molar-refractivity contribution in [2.24, 2.45) is 11.8 Å². The average molecular weight is 1060 g/mol. The Hall–Kier alpha value is -2.20. The summed E-state index contributed by atoms with van der Waals surface area (Å²) in [5, 5.41) is 6.38. The second-order valence-electron chi connectivity index (χ2n) is 24.3. The Morgan fingerprint density at radius 3 is 0.733 bits per heavy atom. The van der Waals surface area contributed by atoms with Gasteiger partial charge in [-0.15, -0.1) is 0 Å². The minimum absolute atomic E-state index is 0.0175. The minimum atomic E-state index is -0.473. The van der Waals surface area contributed by atoms with E-state index in [0.717, 1.165) is 70.9 Å². The van der Waals surface area contributed by atoms with Gasteiger partial charge in [0.05, 0.1) is 0 Å². The quantitative estimate of drug-likeness (QED) is 0.0588. The third-order valence-corrected chi connectivity index (χ3v) is 15.6. The van der Waals surface area contributed by atoms with Crippen molar-refractivity contribution in [1.82, 2.24) is 30.2 Å². The zero-order valence-electron chi connectivity index (χ0n) is 52.0. The lowest BCUT2D eigenvalue weighted by molar-refractivity contribution is -0.142. The molecule has 2 N–H and O–H groups in total. The minimum Gasteiger partial charge on any atom is -0.354 e. The molecule has 0 saturated carbocycles. The molecule has 4 amide bonds. The number of likely N-dealkylation sites (N-methyl/N-ethyl adjacent to an activating group) is 2. The van der Waals surface area contributed by atoms with Gasteiger partial charge in [-0.3, -0.25) is 19.2 Å². The summed E-state index contributed by atoms with van der Waals surface area (Å²) in [6.45, 7) is 16.6. The molecule has 0 bridgehead atoms. The van der Waals surface area contributed by atoms with Crippen LogP contribution in [-0.4, -0.2) is 123 Å². The summed E-state index contributed by atoms with van der Waals surface area (Å²) in [6.07, 6.45) is 50.5. The first-order valence-corrected chi connectivity index (χ1v) is 32.7. The first-order chi connectivity index (χ1) is 36.3. The van der Waals surface area contributed by atoms with E-state index in [1.165, 1.54) is 193 Å². The van der Waals surface area contributed by atoms with Crippen LogP contribution in [0.25, 0.3) is 0 Å². The molecule has 0 aromatic rings. The highest BCUT2D eigenvalue weighted by molar-refractivity contribution is 5.88. The first kappa shape index (κ1) is 72.8. The van der Waals surface area contributed by atoms with Gasteiger partial charge >= 0.3 is 0 Å². The zero-order valence-corrected chi connectivity index (χ0v) is 52.0. The normalized spacial score (nSPS) is 12.6. The summed E-state index contributed by atoms with van der Waals surface area (Å²) >= 11 is 0. The van der Waals surface area contributed by atoms with Crippen molar-refractivity contribution in [3.8, 4) is 0 Å². The smallest absolute Gasteiger partial charge is 0.243 e. The van der Waals surface area contributed by atoms with Crippen molar-refractivity contribution in [2.75, 3.05) is 67.5 Å². The summed E-state index contributed by atoms with van der Waals surface area (Å²) in [6, 6.07) is -0.946. The van der Waals surface area contributed by atoms with Crippen molar-refractivity contribution >= 4 is 23.6 Å². The molecule has 0 saturated heterocycles. The standard InChI is InChI=1S/C65H130N6O4/c1-11-13-15-17-19-21-23-25-27-29-31-33-35-37-39-42-46-50-60(72)70(56-54-68(7)8)62(58(3)4)64(74)66-52-48-44-41-45-49-53-67-65(75)63(59(5)6)71(57-55-69(9)10)61(73)51-47-43-40-38-36-34-32-30-28-26-24-22-20-18-16-14-12-2/h58-59,62-63H,11-57H2,1-10H3,(H,66,74)(H,67,75). The molecule has 0 aliphatic carbocycles. The molecule has 444 valence electrons. The molecule has 0 rings (SSSR count). The Morgan fingerprint density at radius 2 is 0.520 bits per heavy atom. The second-order valence-corrected chi connectivity index (χ2v) is 24.3. The SMILES string of the molecule is CCCCCCCCCCCCCCCCCCCC(=O)N(CCN(C)C)C(C(=O)NCCCCCCCNC(=O)C(C(C)C)N(CCN(C)C)C(=O)CCCCCCCCCCCCCCCCCCC)C(C)C. The number of hydrogen-bond donors (Lipinski definition) is 2. The molecule has 0 spiro atoms. The molecule has 75 heavy (non-hydrogen) atoms. The van der Waals surface area contributed by atoms with Gasteiger partial charge in [0, 0.05) is 52.1 Å². The first-order valence-electron chi connectivity index (χ1n) is 32.7. The fraction of sp³-hybridized carbons (Fsp3) is 0.938. The van der Waals surface area contributed by atoms with Crippen molar-refractivity contribution in [3.05, 3.63) is 0 Å². The Morgan fingerprint density at radius 1 is 0.307 bits per heavy atom. The Balaban J connectivity index is 4.59. The predicted octanol–water partition coefficient (Wildman–Crippen LogP) is 16.1. The summed E-state index contributed by atoms with van der Waals surface area (Å²) < 4.78 is 0. The van der Waals surface area contributed by atoms with Crippen LogP contribution in [0.3, 0.4) is 0 Å². The molecule has 0 aromatic heterocycles. The molecule has 10 heteroatoms. The summed E-state index contributed by atoms with van der Waals surface area (Å²) in [4.78, 5) is 62.7. The van der Waals surface area contributed by atoms with Gasteiger partial charge in [0.2, 0.25) is 23.6 Å². The summed E-state index contributed by atoms with van der Waals surface area (Å²) in [5.74, 6) is 0.160. The molecule has 0 aliphatic heterocycles. The van der Waals surface area contributed by atoms with Crippen LogP contribution in [-0.2, 0) is 19.2 Å². The molecular formula is C65H130N6O4. The van der Waals surface area contributed by atoms with Crippen molar-refractivity contribution in [3.63, 3.8) is 0 Å². The Labute approximate surface area is 467 Å². The molecule has 0 aliphatic rings. The highest BCUT2D eigenvalue weighted by Gasteiger charge is 2.33. The van der Waals surface area contributed by atoms with Crippen molar-refractivity contribution in [1.29, 1.82) is 0 Å². The fourth-order valence-electron chi connectivity index (χ4n) is 10.8. The van der Waals surface area contributed by atoms with Crippen LogP contribution in [0.5, 0.6) is 0 Å². The fourth-order valence-corrected chi connectivity index (χ4v) is 10.8. The van der Waals surface area contributed by atoms with Gasteiger partial charge in [-0.1, -0.05) is 266 Å². The summed E-state index contributed by atoms with van der Waals surface area (Å²) in [5.41, 5.74) is 0. The third kappa shape index (κ3) is 43.4. The summed E-state index contributed by atoms with van der Waals surface area (Å²) in [7, 11) is 8.08. The van der Waals surface area contributed by atoms with E-state index in [-0.39, 0.29) is 35.5 Å². The van der Waals surface area contributed by atoms with Crippen LogP contribution in [0.4, 0.5) is 0 Å². The van der Waals surface area contributed by atoms with Crippen LogP contribution in [0.2, 0.25) is 0 Å². The lowest BCUT2D eigenvalue weighted by Gasteiger charge is -2.34. The van der Waals surface area contributed by atoms with Crippen LogP contribution in [0.15, 0.2) is 0 Å². The lowest BCUT2D eigenvalue weighted by Crippen LogP contribution is -2.54. The largest absolute Gasteiger partial charge is 0.354 e. The molecule has 2 atom stereocenters. The van der Waals surface area contributed by atoms with E-state index >= 15 is 0 Å². The van der Waals surface area contributed by atoms with Gasteiger partial charge < -0.3 is 30.2 Å².